The molecule has 3 heteroatoms. The number of aliphatic hydroxyl groups is 1. The quantitative estimate of drug-likeness (QED) is 0.790. The molecular weight excluding hydrogens is 250 g/mol. The Labute approximate surface area is 122 Å². The number of benzene rings is 1. The highest BCUT2D eigenvalue weighted by atomic mass is 16.5. The van der Waals surface area contributed by atoms with Gasteiger partial charge in [0.05, 0.1) is 12.7 Å². The third-order valence-corrected chi connectivity index (χ3v) is 4.32. The number of anilines is 1. The van der Waals surface area contributed by atoms with Gasteiger partial charge in [0, 0.05) is 30.9 Å². The molecule has 1 aromatic rings. The first-order valence-electron chi connectivity index (χ1n) is 7.71. The Kier molecular flexibility index (Phi) is 5.44. The summed E-state index contributed by atoms with van der Waals surface area (Å²) in [7, 11) is 1.74. The highest BCUT2D eigenvalue weighted by molar-refractivity contribution is 5.55. The highest BCUT2D eigenvalue weighted by Gasteiger charge is 2.33. The van der Waals surface area contributed by atoms with Crippen LogP contribution in [0, 0.1) is 5.92 Å². The maximum Gasteiger partial charge on any atom is 0.0807 e. The van der Waals surface area contributed by atoms with Crippen LogP contribution in [0.3, 0.4) is 0 Å². The topological polar surface area (TPSA) is 32.7 Å². The molecule has 1 aliphatic carbocycles. The largest absolute Gasteiger partial charge is 0.388 e. The lowest BCUT2D eigenvalue weighted by atomic mass is 10.0. The Morgan fingerprint density at radius 3 is 2.65 bits per heavy atom. The highest BCUT2D eigenvalue weighted by Crippen LogP contribution is 2.38. The van der Waals surface area contributed by atoms with Gasteiger partial charge in [0.1, 0.15) is 0 Å². The molecule has 0 spiro atoms. The van der Waals surface area contributed by atoms with Crippen LogP contribution in [0.25, 0.3) is 0 Å². The Balaban J connectivity index is 2.26. The molecule has 0 radical (unpaired) electrons. The Morgan fingerprint density at radius 1 is 1.35 bits per heavy atom. The Hall–Kier alpha value is -1.06. The summed E-state index contributed by atoms with van der Waals surface area (Å²) in [4.78, 5) is 2.41. The SMILES string of the molecule is CC[C@H](O)c1ccccc1N(CCOC)C(C)C1CC1. The summed E-state index contributed by atoms with van der Waals surface area (Å²) in [5.74, 6) is 0.790. The van der Waals surface area contributed by atoms with Gasteiger partial charge in [-0.1, -0.05) is 25.1 Å². The van der Waals surface area contributed by atoms with Gasteiger partial charge in [0.25, 0.3) is 0 Å². The first-order valence-corrected chi connectivity index (χ1v) is 7.71. The van der Waals surface area contributed by atoms with Crippen LogP contribution in [-0.4, -0.2) is 31.4 Å². The maximum absolute atomic E-state index is 10.3. The van der Waals surface area contributed by atoms with Gasteiger partial charge < -0.3 is 14.7 Å². The van der Waals surface area contributed by atoms with E-state index in [1.807, 2.05) is 19.1 Å². The summed E-state index contributed by atoms with van der Waals surface area (Å²) in [5, 5.41) is 10.3. The third-order valence-electron chi connectivity index (χ3n) is 4.32. The van der Waals surface area contributed by atoms with Crippen LogP contribution in [0.15, 0.2) is 24.3 Å². The Bertz CT molecular complexity index is 417. The van der Waals surface area contributed by atoms with E-state index < -0.39 is 0 Å². The number of ether oxygens (including phenoxy) is 1. The lowest BCUT2D eigenvalue weighted by molar-refractivity contribution is 0.173. The first kappa shape index (κ1) is 15.3. The molecule has 112 valence electrons. The lowest BCUT2D eigenvalue weighted by Gasteiger charge is -2.34. The van der Waals surface area contributed by atoms with Gasteiger partial charge in [0.15, 0.2) is 0 Å². The molecule has 20 heavy (non-hydrogen) atoms. The van der Waals surface area contributed by atoms with E-state index >= 15 is 0 Å². The average Bonchev–Trinajstić information content (AvgIpc) is 3.31. The standard InChI is InChI=1S/C17H27NO2/c1-4-17(19)15-7-5-6-8-16(15)18(11-12-20-3)13(2)14-9-10-14/h5-8,13-14,17,19H,4,9-12H2,1-3H3/t13?,17-/m0/s1. The van der Waals surface area contributed by atoms with Crippen molar-refractivity contribution < 1.29 is 9.84 Å². The van der Waals surface area contributed by atoms with E-state index in [2.05, 4.69) is 24.0 Å². The second-order valence-corrected chi connectivity index (χ2v) is 5.75. The number of methoxy groups -OCH3 is 1. The van der Waals surface area contributed by atoms with E-state index in [9.17, 15) is 5.11 Å². The monoisotopic (exact) mass is 277 g/mol. The molecule has 2 atom stereocenters. The molecule has 0 heterocycles. The van der Waals surface area contributed by atoms with Gasteiger partial charge in [-0.2, -0.15) is 0 Å². The molecule has 1 fully saturated rings. The molecule has 2 rings (SSSR count). The van der Waals surface area contributed by atoms with E-state index in [4.69, 9.17) is 4.74 Å². The Morgan fingerprint density at radius 2 is 2.05 bits per heavy atom. The predicted molar refractivity (Wildman–Crippen MR) is 83.1 cm³/mol. The maximum atomic E-state index is 10.3. The summed E-state index contributed by atoms with van der Waals surface area (Å²) < 4.78 is 5.27. The zero-order chi connectivity index (χ0) is 14.5. The zero-order valence-corrected chi connectivity index (χ0v) is 12.9. The van der Waals surface area contributed by atoms with E-state index in [-0.39, 0.29) is 6.10 Å². The van der Waals surface area contributed by atoms with E-state index in [0.717, 1.165) is 24.4 Å². The van der Waals surface area contributed by atoms with Crippen LogP contribution in [0.2, 0.25) is 0 Å². The van der Waals surface area contributed by atoms with Crippen LogP contribution >= 0.6 is 0 Å². The average molecular weight is 277 g/mol. The van der Waals surface area contributed by atoms with Crippen molar-refractivity contribution in [3.05, 3.63) is 29.8 Å². The van der Waals surface area contributed by atoms with Crippen LogP contribution in [-0.2, 0) is 4.74 Å². The summed E-state index contributed by atoms with van der Waals surface area (Å²) in [5.41, 5.74) is 2.21. The minimum absolute atomic E-state index is 0.386. The van der Waals surface area contributed by atoms with E-state index in [0.29, 0.717) is 12.6 Å². The molecular formula is C17H27NO2. The zero-order valence-electron chi connectivity index (χ0n) is 12.9. The molecule has 0 aliphatic heterocycles. The molecule has 0 aromatic heterocycles. The molecule has 0 bridgehead atoms. The third kappa shape index (κ3) is 3.53. The molecule has 1 saturated carbocycles. The summed E-state index contributed by atoms with van der Waals surface area (Å²) >= 11 is 0. The van der Waals surface area contributed by atoms with E-state index in [1.54, 1.807) is 7.11 Å². The molecule has 1 aliphatic rings. The molecule has 1 unspecified atom stereocenters. The number of hydrogen-bond acceptors (Lipinski definition) is 3. The second-order valence-electron chi connectivity index (χ2n) is 5.75. The smallest absolute Gasteiger partial charge is 0.0807 e. The molecule has 0 saturated heterocycles. The fourth-order valence-electron chi connectivity index (χ4n) is 2.82. The molecule has 1 N–H and O–H groups in total. The van der Waals surface area contributed by atoms with Crippen molar-refractivity contribution in [1.29, 1.82) is 0 Å². The number of hydrogen-bond donors (Lipinski definition) is 1. The van der Waals surface area contributed by atoms with Gasteiger partial charge >= 0.3 is 0 Å². The van der Waals surface area contributed by atoms with Gasteiger partial charge in [-0.3, -0.25) is 0 Å². The summed E-state index contributed by atoms with van der Waals surface area (Å²) in [6.45, 7) is 5.91. The minimum Gasteiger partial charge on any atom is -0.388 e. The lowest BCUT2D eigenvalue weighted by Crippen LogP contribution is -2.38. The number of rotatable bonds is 8. The van der Waals surface area contributed by atoms with Crippen LogP contribution in [0.4, 0.5) is 5.69 Å². The van der Waals surface area contributed by atoms with Crippen molar-refractivity contribution >= 4 is 5.69 Å². The first-order chi connectivity index (χ1) is 9.69. The van der Waals surface area contributed by atoms with Crippen molar-refractivity contribution in [3.63, 3.8) is 0 Å². The fraction of sp³-hybridized carbons (Fsp3) is 0.647. The van der Waals surface area contributed by atoms with Crippen molar-refractivity contribution in [1.82, 2.24) is 0 Å². The van der Waals surface area contributed by atoms with Gasteiger partial charge in [0.2, 0.25) is 0 Å². The second kappa shape index (κ2) is 7.09. The van der Waals surface area contributed by atoms with Crippen LogP contribution < -0.4 is 4.90 Å². The van der Waals surface area contributed by atoms with E-state index in [1.165, 1.54) is 18.5 Å². The number of aliphatic hydroxyl groups excluding tert-OH is 1. The number of para-hydroxylation sites is 1. The van der Waals surface area contributed by atoms with Crippen molar-refractivity contribution in [2.24, 2.45) is 5.92 Å². The molecule has 3 nitrogen and oxygen atoms in total. The minimum atomic E-state index is -0.386. The van der Waals surface area contributed by atoms with Crippen molar-refractivity contribution in [3.8, 4) is 0 Å². The van der Waals surface area contributed by atoms with Gasteiger partial charge in [-0.05, 0) is 38.2 Å². The van der Waals surface area contributed by atoms with Gasteiger partial charge in [-0.25, -0.2) is 0 Å². The summed E-state index contributed by atoms with van der Waals surface area (Å²) in [6.07, 6.45) is 3.00. The predicted octanol–water partition coefficient (Wildman–Crippen LogP) is 3.38. The van der Waals surface area contributed by atoms with Crippen molar-refractivity contribution in [2.75, 3.05) is 25.2 Å². The number of nitrogens with zero attached hydrogens (tertiary/aromatic N) is 1. The van der Waals surface area contributed by atoms with Crippen LogP contribution in [0.1, 0.15) is 44.8 Å². The summed E-state index contributed by atoms with van der Waals surface area (Å²) in [6, 6.07) is 8.75. The molecule has 0 amide bonds. The van der Waals surface area contributed by atoms with Crippen molar-refractivity contribution in [2.45, 2.75) is 45.3 Å². The van der Waals surface area contributed by atoms with Gasteiger partial charge in [-0.15, -0.1) is 0 Å². The van der Waals surface area contributed by atoms with Crippen LogP contribution in [0.5, 0.6) is 0 Å². The normalized spacial score (nSPS) is 17.8. The fourth-order valence-corrected chi connectivity index (χ4v) is 2.82. The molecule has 1 aromatic carbocycles.